The molecule has 0 fully saturated rings. The highest BCUT2D eigenvalue weighted by Crippen LogP contribution is 2.30. The third kappa shape index (κ3) is 4.70. The van der Waals surface area contributed by atoms with Crippen LogP contribution in [0.3, 0.4) is 0 Å². The predicted octanol–water partition coefficient (Wildman–Crippen LogP) is 1.05. The van der Waals surface area contributed by atoms with E-state index in [2.05, 4.69) is 0 Å². The van der Waals surface area contributed by atoms with E-state index in [9.17, 15) is 0 Å². The van der Waals surface area contributed by atoms with Gasteiger partial charge < -0.3 is 25.4 Å². The SMILES string of the molecule is COc1cc(CO)ccc1OC(C)CC(C)(N)CO. The van der Waals surface area contributed by atoms with E-state index in [1.165, 1.54) is 0 Å². The van der Waals surface area contributed by atoms with E-state index in [0.29, 0.717) is 17.9 Å². The van der Waals surface area contributed by atoms with Gasteiger partial charge in [-0.2, -0.15) is 0 Å². The summed E-state index contributed by atoms with van der Waals surface area (Å²) in [6.07, 6.45) is 0.366. The number of aliphatic hydroxyl groups is 2. The summed E-state index contributed by atoms with van der Waals surface area (Å²) < 4.78 is 11.0. The van der Waals surface area contributed by atoms with Gasteiger partial charge in [0.05, 0.1) is 26.4 Å². The van der Waals surface area contributed by atoms with Gasteiger partial charge in [-0.05, 0) is 31.5 Å². The maximum Gasteiger partial charge on any atom is 0.161 e. The Kier molecular flexibility index (Phi) is 5.60. The van der Waals surface area contributed by atoms with Crippen LogP contribution in [0.25, 0.3) is 0 Å². The minimum Gasteiger partial charge on any atom is -0.493 e. The number of rotatable bonds is 7. The molecule has 19 heavy (non-hydrogen) atoms. The predicted molar refractivity (Wildman–Crippen MR) is 73.3 cm³/mol. The lowest BCUT2D eigenvalue weighted by Gasteiger charge is -2.26. The van der Waals surface area contributed by atoms with Crippen LogP contribution in [0.1, 0.15) is 25.8 Å². The summed E-state index contributed by atoms with van der Waals surface area (Å²) in [4.78, 5) is 0. The average molecular weight is 269 g/mol. The summed E-state index contributed by atoms with van der Waals surface area (Å²) in [7, 11) is 1.55. The fourth-order valence-electron chi connectivity index (χ4n) is 1.89. The van der Waals surface area contributed by atoms with E-state index in [1.807, 2.05) is 6.92 Å². The molecule has 0 amide bonds. The molecule has 108 valence electrons. The van der Waals surface area contributed by atoms with E-state index in [1.54, 1.807) is 32.2 Å². The van der Waals surface area contributed by atoms with E-state index in [-0.39, 0.29) is 19.3 Å². The average Bonchev–Trinajstić information content (AvgIpc) is 2.38. The Morgan fingerprint density at radius 3 is 2.53 bits per heavy atom. The van der Waals surface area contributed by atoms with Crippen LogP contribution in [-0.4, -0.2) is 35.6 Å². The highest BCUT2D eigenvalue weighted by atomic mass is 16.5. The van der Waals surface area contributed by atoms with Crippen molar-refractivity contribution in [1.29, 1.82) is 0 Å². The summed E-state index contributed by atoms with van der Waals surface area (Å²) in [6, 6.07) is 5.27. The number of methoxy groups -OCH3 is 1. The van der Waals surface area contributed by atoms with Crippen LogP contribution in [0.4, 0.5) is 0 Å². The molecule has 1 aromatic carbocycles. The molecule has 0 aromatic heterocycles. The van der Waals surface area contributed by atoms with Gasteiger partial charge in [-0.1, -0.05) is 6.07 Å². The Bertz CT molecular complexity index is 406. The van der Waals surface area contributed by atoms with Crippen molar-refractivity contribution >= 4 is 0 Å². The van der Waals surface area contributed by atoms with Gasteiger partial charge in [0.1, 0.15) is 0 Å². The van der Waals surface area contributed by atoms with E-state index >= 15 is 0 Å². The zero-order valence-corrected chi connectivity index (χ0v) is 11.7. The second kappa shape index (κ2) is 6.75. The molecule has 5 nitrogen and oxygen atoms in total. The lowest BCUT2D eigenvalue weighted by atomic mass is 9.97. The molecule has 0 aliphatic carbocycles. The molecule has 2 atom stereocenters. The molecule has 0 saturated heterocycles. The minimum atomic E-state index is -0.669. The molecule has 0 saturated carbocycles. The largest absolute Gasteiger partial charge is 0.493 e. The van der Waals surface area contributed by atoms with Crippen molar-refractivity contribution in [3.8, 4) is 11.5 Å². The number of benzene rings is 1. The Balaban J connectivity index is 2.76. The molecule has 2 unspecified atom stereocenters. The van der Waals surface area contributed by atoms with Crippen molar-refractivity contribution in [2.45, 2.75) is 38.5 Å². The first kappa shape index (κ1) is 15.8. The highest BCUT2D eigenvalue weighted by molar-refractivity contribution is 5.42. The third-order valence-corrected chi connectivity index (χ3v) is 2.85. The van der Waals surface area contributed by atoms with Crippen LogP contribution in [-0.2, 0) is 6.61 Å². The van der Waals surface area contributed by atoms with Crippen LogP contribution in [0, 0.1) is 0 Å². The van der Waals surface area contributed by atoms with Gasteiger partial charge in [-0.15, -0.1) is 0 Å². The fourth-order valence-corrected chi connectivity index (χ4v) is 1.89. The minimum absolute atomic E-state index is 0.0441. The summed E-state index contributed by atoms with van der Waals surface area (Å²) in [5.41, 5.74) is 5.98. The second-order valence-electron chi connectivity index (χ2n) is 5.09. The van der Waals surface area contributed by atoms with Gasteiger partial charge in [0.2, 0.25) is 0 Å². The van der Waals surface area contributed by atoms with Crippen molar-refractivity contribution < 1.29 is 19.7 Å². The molecule has 0 aliphatic heterocycles. The van der Waals surface area contributed by atoms with Crippen LogP contribution < -0.4 is 15.2 Å². The molecule has 0 bridgehead atoms. The Labute approximate surface area is 114 Å². The number of hydrogen-bond donors (Lipinski definition) is 3. The zero-order valence-electron chi connectivity index (χ0n) is 11.7. The molecule has 0 heterocycles. The zero-order chi connectivity index (χ0) is 14.5. The summed E-state index contributed by atoms with van der Waals surface area (Å²) in [5, 5.41) is 18.2. The fraction of sp³-hybridized carbons (Fsp3) is 0.571. The Hall–Kier alpha value is -1.30. The highest BCUT2D eigenvalue weighted by Gasteiger charge is 2.22. The van der Waals surface area contributed by atoms with Gasteiger partial charge in [-0.25, -0.2) is 0 Å². The summed E-state index contributed by atoms with van der Waals surface area (Å²) in [5.74, 6) is 1.17. The van der Waals surface area contributed by atoms with Crippen molar-refractivity contribution in [3.63, 3.8) is 0 Å². The lowest BCUT2D eigenvalue weighted by Crippen LogP contribution is -2.43. The number of aliphatic hydroxyl groups excluding tert-OH is 2. The molecule has 5 heteroatoms. The first-order valence-corrected chi connectivity index (χ1v) is 6.26. The van der Waals surface area contributed by atoms with E-state index in [0.717, 1.165) is 5.56 Å². The van der Waals surface area contributed by atoms with Crippen molar-refractivity contribution in [1.82, 2.24) is 0 Å². The summed E-state index contributed by atoms with van der Waals surface area (Å²) >= 11 is 0. The Morgan fingerprint density at radius 1 is 1.32 bits per heavy atom. The smallest absolute Gasteiger partial charge is 0.161 e. The van der Waals surface area contributed by atoms with Crippen molar-refractivity contribution in [2.75, 3.05) is 13.7 Å². The summed E-state index contributed by atoms with van der Waals surface area (Å²) in [6.45, 7) is 3.53. The maximum atomic E-state index is 9.15. The van der Waals surface area contributed by atoms with Gasteiger partial charge in [-0.3, -0.25) is 0 Å². The molecule has 1 rings (SSSR count). The molecule has 4 N–H and O–H groups in total. The van der Waals surface area contributed by atoms with Crippen molar-refractivity contribution in [3.05, 3.63) is 23.8 Å². The quantitative estimate of drug-likeness (QED) is 0.689. The first-order valence-electron chi connectivity index (χ1n) is 6.26. The van der Waals surface area contributed by atoms with Gasteiger partial charge in [0.15, 0.2) is 11.5 Å². The van der Waals surface area contributed by atoms with Gasteiger partial charge in [0.25, 0.3) is 0 Å². The van der Waals surface area contributed by atoms with Crippen LogP contribution in [0.15, 0.2) is 18.2 Å². The topological polar surface area (TPSA) is 84.9 Å². The molecule has 1 aromatic rings. The van der Waals surface area contributed by atoms with Gasteiger partial charge >= 0.3 is 0 Å². The standard InChI is InChI=1S/C14H23NO4/c1-10(7-14(2,15)9-17)19-12-5-4-11(8-16)6-13(12)18-3/h4-6,10,16-17H,7-9,15H2,1-3H3. The molecule has 0 aliphatic rings. The number of hydrogen-bond acceptors (Lipinski definition) is 5. The molecular formula is C14H23NO4. The maximum absolute atomic E-state index is 9.15. The monoisotopic (exact) mass is 269 g/mol. The molecule has 0 spiro atoms. The molecule has 0 radical (unpaired) electrons. The van der Waals surface area contributed by atoms with Crippen LogP contribution in [0.2, 0.25) is 0 Å². The van der Waals surface area contributed by atoms with Gasteiger partial charge in [0, 0.05) is 12.0 Å². The van der Waals surface area contributed by atoms with E-state index < -0.39 is 5.54 Å². The number of nitrogens with two attached hydrogens (primary N) is 1. The third-order valence-electron chi connectivity index (χ3n) is 2.85. The van der Waals surface area contributed by atoms with Crippen molar-refractivity contribution in [2.24, 2.45) is 5.73 Å². The van der Waals surface area contributed by atoms with Crippen LogP contribution >= 0.6 is 0 Å². The second-order valence-corrected chi connectivity index (χ2v) is 5.09. The number of ether oxygens (including phenoxy) is 2. The first-order chi connectivity index (χ1) is 8.91. The normalized spacial score (nSPS) is 15.7. The lowest BCUT2D eigenvalue weighted by molar-refractivity contribution is 0.131. The Morgan fingerprint density at radius 2 is 2.00 bits per heavy atom. The molecular weight excluding hydrogens is 246 g/mol. The van der Waals surface area contributed by atoms with Crippen LogP contribution in [0.5, 0.6) is 11.5 Å². The van der Waals surface area contributed by atoms with E-state index in [4.69, 9.17) is 25.4 Å².